The third kappa shape index (κ3) is 3.67. The molecule has 2 atom stereocenters. The molecule has 22 heavy (non-hydrogen) atoms. The minimum absolute atomic E-state index is 0.134. The van der Waals surface area contributed by atoms with Crippen molar-refractivity contribution in [1.29, 1.82) is 0 Å². The first-order valence-corrected chi connectivity index (χ1v) is 8.46. The number of hydrogen-bond donors (Lipinski definition) is 1. The second kappa shape index (κ2) is 7.07. The molecule has 122 valence electrons. The Balaban J connectivity index is 1.59. The Bertz CT molecular complexity index is 502. The van der Waals surface area contributed by atoms with Crippen molar-refractivity contribution in [1.82, 2.24) is 9.80 Å². The third-order valence-corrected chi connectivity index (χ3v) is 5.21. The molecule has 0 amide bonds. The zero-order chi connectivity index (χ0) is 15.5. The van der Waals surface area contributed by atoms with Gasteiger partial charge in [0.1, 0.15) is 5.82 Å². The van der Waals surface area contributed by atoms with Crippen LogP contribution in [0.1, 0.15) is 24.0 Å². The van der Waals surface area contributed by atoms with Gasteiger partial charge < -0.3 is 10.0 Å². The summed E-state index contributed by atoms with van der Waals surface area (Å²) >= 11 is 0. The molecule has 0 aromatic heterocycles. The number of aliphatic hydroxyl groups is 1. The molecule has 3 rings (SSSR count). The number of hydrogen-bond acceptors (Lipinski definition) is 3. The molecule has 2 fully saturated rings. The van der Waals surface area contributed by atoms with Crippen molar-refractivity contribution in [3.63, 3.8) is 0 Å². The molecule has 2 heterocycles. The van der Waals surface area contributed by atoms with Crippen molar-refractivity contribution in [2.75, 3.05) is 39.3 Å². The van der Waals surface area contributed by atoms with Gasteiger partial charge in [0.15, 0.2) is 0 Å². The van der Waals surface area contributed by atoms with Gasteiger partial charge in [0.05, 0.1) is 0 Å². The molecule has 2 aliphatic rings. The smallest absolute Gasteiger partial charge is 0.126 e. The van der Waals surface area contributed by atoms with Crippen molar-refractivity contribution < 1.29 is 9.50 Å². The lowest BCUT2D eigenvalue weighted by atomic mass is 9.96. The van der Waals surface area contributed by atoms with Crippen LogP contribution < -0.4 is 0 Å². The standard InChI is InChI=1S/C18H27FN2O/c1-14-8-15(4-5-18(14)19)9-21-11-16(17(12-21)13-22)10-20-6-2-3-7-20/h4-5,8,16-17,22H,2-3,6-7,9-13H2,1H3/t16-,17-/m1/s1. The van der Waals surface area contributed by atoms with Crippen LogP contribution in [0.5, 0.6) is 0 Å². The molecule has 1 N–H and O–H groups in total. The Morgan fingerprint density at radius 3 is 2.55 bits per heavy atom. The van der Waals surface area contributed by atoms with Gasteiger partial charge in [-0.3, -0.25) is 4.90 Å². The molecule has 0 spiro atoms. The van der Waals surface area contributed by atoms with E-state index in [4.69, 9.17) is 0 Å². The Hall–Kier alpha value is -0.970. The maximum absolute atomic E-state index is 13.4. The molecule has 4 heteroatoms. The topological polar surface area (TPSA) is 26.7 Å². The lowest BCUT2D eigenvalue weighted by Gasteiger charge is -2.23. The summed E-state index contributed by atoms with van der Waals surface area (Å²) in [4.78, 5) is 4.95. The summed E-state index contributed by atoms with van der Waals surface area (Å²) in [6, 6.07) is 5.38. The lowest BCUT2D eigenvalue weighted by Crippen LogP contribution is -2.31. The Labute approximate surface area is 132 Å². The van der Waals surface area contributed by atoms with Gasteiger partial charge in [-0.15, -0.1) is 0 Å². The molecule has 1 aromatic carbocycles. The van der Waals surface area contributed by atoms with Crippen molar-refractivity contribution in [3.05, 3.63) is 35.1 Å². The van der Waals surface area contributed by atoms with Crippen LogP contribution in [-0.2, 0) is 6.54 Å². The Morgan fingerprint density at radius 2 is 1.86 bits per heavy atom. The number of halogens is 1. The first kappa shape index (κ1) is 15.9. The number of rotatable bonds is 5. The predicted octanol–water partition coefficient (Wildman–Crippen LogP) is 2.27. The molecule has 2 aliphatic heterocycles. The zero-order valence-electron chi connectivity index (χ0n) is 13.5. The van der Waals surface area contributed by atoms with Gasteiger partial charge in [-0.25, -0.2) is 4.39 Å². The summed E-state index contributed by atoms with van der Waals surface area (Å²) in [5.41, 5.74) is 1.88. The van der Waals surface area contributed by atoms with E-state index < -0.39 is 0 Å². The first-order valence-electron chi connectivity index (χ1n) is 8.46. The maximum atomic E-state index is 13.4. The van der Waals surface area contributed by atoms with Crippen LogP contribution in [0.4, 0.5) is 4.39 Å². The Kier molecular flexibility index (Phi) is 5.11. The fourth-order valence-corrected chi connectivity index (χ4v) is 3.94. The van der Waals surface area contributed by atoms with Gasteiger partial charge in [-0.2, -0.15) is 0 Å². The highest BCUT2D eigenvalue weighted by Crippen LogP contribution is 2.27. The van der Waals surface area contributed by atoms with Crippen LogP contribution in [0, 0.1) is 24.6 Å². The second-order valence-electron chi connectivity index (χ2n) is 6.99. The number of nitrogens with zero attached hydrogens (tertiary/aromatic N) is 2. The second-order valence-corrected chi connectivity index (χ2v) is 6.99. The highest BCUT2D eigenvalue weighted by molar-refractivity contribution is 5.24. The molecule has 1 aromatic rings. The maximum Gasteiger partial charge on any atom is 0.126 e. The summed E-state index contributed by atoms with van der Waals surface area (Å²) in [6.07, 6.45) is 2.63. The summed E-state index contributed by atoms with van der Waals surface area (Å²) in [6.45, 7) is 8.48. The molecule has 0 aliphatic carbocycles. The van der Waals surface area contributed by atoms with Crippen LogP contribution in [0.25, 0.3) is 0 Å². The average molecular weight is 306 g/mol. The predicted molar refractivity (Wildman–Crippen MR) is 86.2 cm³/mol. The number of likely N-dealkylation sites (tertiary alicyclic amines) is 2. The Morgan fingerprint density at radius 1 is 1.14 bits per heavy atom. The van der Waals surface area contributed by atoms with E-state index in [0.717, 1.165) is 31.7 Å². The minimum Gasteiger partial charge on any atom is -0.396 e. The molecule has 3 nitrogen and oxygen atoms in total. The van der Waals surface area contributed by atoms with Crippen LogP contribution in [0.2, 0.25) is 0 Å². The average Bonchev–Trinajstić information content (AvgIpc) is 3.13. The summed E-state index contributed by atoms with van der Waals surface area (Å²) in [5.74, 6) is 0.803. The van der Waals surface area contributed by atoms with E-state index >= 15 is 0 Å². The monoisotopic (exact) mass is 306 g/mol. The molecule has 0 radical (unpaired) electrons. The van der Waals surface area contributed by atoms with Gasteiger partial charge in [-0.05, 0) is 61.9 Å². The molecule has 0 bridgehead atoms. The van der Waals surface area contributed by atoms with Crippen LogP contribution >= 0.6 is 0 Å². The minimum atomic E-state index is -0.134. The highest BCUT2D eigenvalue weighted by Gasteiger charge is 2.33. The van der Waals surface area contributed by atoms with Crippen molar-refractivity contribution in [2.45, 2.75) is 26.3 Å². The fourth-order valence-electron chi connectivity index (χ4n) is 3.94. The third-order valence-electron chi connectivity index (χ3n) is 5.21. The molecule has 0 saturated carbocycles. The van der Waals surface area contributed by atoms with E-state index in [1.165, 1.54) is 25.9 Å². The van der Waals surface area contributed by atoms with E-state index in [9.17, 15) is 9.50 Å². The normalized spacial score (nSPS) is 26.9. The van der Waals surface area contributed by atoms with E-state index in [2.05, 4.69) is 9.80 Å². The van der Waals surface area contributed by atoms with E-state index in [-0.39, 0.29) is 12.4 Å². The fraction of sp³-hybridized carbons (Fsp3) is 0.667. The first-order chi connectivity index (χ1) is 10.7. The van der Waals surface area contributed by atoms with Gasteiger partial charge >= 0.3 is 0 Å². The van der Waals surface area contributed by atoms with E-state index in [0.29, 0.717) is 17.4 Å². The molecule has 0 unspecified atom stereocenters. The van der Waals surface area contributed by atoms with Crippen molar-refractivity contribution >= 4 is 0 Å². The number of aliphatic hydroxyl groups excluding tert-OH is 1. The van der Waals surface area contributed by atoms with E-state index in [1.54, 1.807) is 6.07 Å². The quantitative estimate of drug-likeness (QED) is 0.904. The number of benzene rings is 1. The van der Waals surface area contributed by atoms with Gasteiger partial charge in [0.2, 0.25) is 0 Å². The van der Waals surface area contributed by atoms with Crippen LogP contribution in [0.15, 0.2) is 18.2 Å². The summed E-state index contributed by atoms with van der Waals surface area (Å²) in [5, 5.41) is 9.68. The highest BCUT2D eigenvalue weighted by atomic mass is 19.1. The largest absolute Gasteiger partial charge is 0.396 e. The zero-order valence-corrected chi connectivity index (χ0v) is 13.5. The van der Waals surface area contributed by atoms with Crippen LogP contribution in [0.3, 0.4) is 0 Å². The van der Waals surface area contributed by atoms with Crippen molar-refractivity contribution in [2.24, 2.45) is 11.8 Å². The molecule has 2 saturated heterocycles. The lowest BCUT2D eigenvalue weighted by molar-refractivity contribution is 0.175. The van der Waals surface area contributed by atoms with Gasteiger partial charge in [0.25, 0.3) is 0 Å². The van der Waals surface area contributed by atoms with E-state index in [1.807, 2.05) is 19.1 Å². The summed E-state index contributed by atoms with van der Waals surface area (Å²) in [7, 11) is 0. The molecular formula is C18H27FN2O. The van der Waals surface area contributed by atoms with Gasteiger partial charge in [-0.1, -0.05) is 12.1 Å². The molecular weight excluding hydrogens is 279 g/mol. The van der Waals surface area contributed by atoms with Crippen LogP contribution in [-0.4, -0.2) is 54.2 Å². The van der Waals surface area contributed by atoms with Crippen molar-refractivity contribution in [3.8, 4) is 0 Å². The number of aryl methyl sites for hydroxylation is 1. The summed E-state index contributed by atoms with van der Waals surface area (Å²) < 4.78 is 13.4. The van der Waals surface area contributed by atoms with Gasteiger partial charge in [0, 0.05) is 32.8 Å². The SMILES string of the molecule is Cc1cc(CN2C[C@@H](CN3CCCC3)[C@@H](CO)C2)ccc1F.